The average molecular weight is 225 g/mol. The Morgan fingerprint density at radius 2 is 1.65 bits per heavy atom. The van der Waals surface area contributed by atoms with Gasteiger partial charge in [0.15, 0.2) is 5.75 Å². The maximum atomic E-state index is 6.02. The first-order chi connectivity index (χ1) is 8.33. The van der Waals surface area contributed by atoms with Gasteiger partial charge in [-0.05, 0) is 54.7 Å². The van der Waals surface area contributed by atoms with E-state index >= 15 is 0 Å². The minimum absolute atomic E-state index is 0.731. The summed E-state index contributed by atoms with van der Waals surface area (Å²) < 4.78 is 5.81. The molecule has 0 aliphatic heterocycles. The second-order valence-corrected chi connectivity index (χ2v) is 4.43. The molecule has 0 heterocycles. The van der Waals surface area contributed by atoms with E-state index in [0.717, 1.165) is 30.0 Å². The van der Waals surface area contributed by atoms with Gasteiger partial charge in [0.25, 0.3) is 0 Å². The van der Waals surface area contributed by atoms with Crippen LogP contribution in [-0.4, -0.2) is 0 Å². The first-order valence-electron chi connectivity index (χ1n) is 5.97. The molecule has 0 bridgehead atoms. The summed E-state index contributed by atoms with van der Waals surface area (Å²) in [5, 5.41) is 0. The van der Waals surface area contributed by atoms with E-state index in [-0.39, 0.29) is 0 Å². The molecule has 1 aliphatic rings. The summed E-state index contributed by atoms with van der Waals surface area (Å²) in [5.74, 6) is 1.61. The van der Waals surface area contributed by atoms with Gasteiger partial charge in [0.2, 0.25) is 0 Å². The minimum atomic E-state index is 0.731. The number of ether oxygens (including phenoxy) is 1. The second-order valence-electron chi connectivity index (χ2n) is 4.43. The molecular formula is C15H15NO. The van der Waals surface area contributed by atoms with Gasteiger partial charge in [0.1, 0.15) is 5.75 Å². The smallest absolute Gasteiger partial charge is 0.150 e. The van der Waals surface area contributed by atoms with Gasteiger partial charge < -0.3 is 10.5 Å². The van der Waals surface area contributed by atoms with Crippen molar-refractivity contribution < 1.29 is 4.74 Å². The number of hydrogen-bond donors (Lipinski definition) is 1. The third kappa shape index (κ3) is 1.98. The highest BCUT2D eigenvalue weighted by Gasteiger charge is 2.14. The van der Waals surface area contributed by atoms with Crippen LogP contribution in [0.2, 0.25) is 0 Å². The lowest BCUT2D eigenvalue weighted by molar-refractivity contribution is 0.484. The third-order valence-corrected chi connectivity index (χ3v) is 3.20. The van der Waals surface area contributed by atoms with Gasteiger partial charge in [-0.1, -0.05) is 18.2 Å². The fourth-order valence-electron chi connectivity index (χ4n) is 2.32. The zero-order valence-electron chi connectivity index (χ0n) is 9.65. The molecule has 3 rings (SSSR count). The Morgan fingerprint density at radius 1 is 0.941 bits per heavy atom. The molecule has 0 unspecified atom stereocenters. The molecule has 0 saturated carbocycles. The molecule has 2 heteroatoms. The van der Waals surface area contributed by atoms with E-state index < -0.39 is 0 Å². The zero-order valence-corrected chi connectivity index (χ0v) is 9.65. The van der Waals surface area contributed by atoms with Crippen LogP contribution in [0.5, 0.6) is 11.5 Å². The number of nitrogen functional groups attached to an aromatic ring is 1. The van der Waals surface area contributed by atoms with Crippen LogP contribution >= 0.6 is 0 Å². The van der Waals surface area contributed by atoms with Crippen LogP contribution in [0.25, 0.3) is 0 Å². The highest BCUT2D eigenvalue weighted by Crippen LogP contribution is 2.34. The van der Waals surface area contributed by atoms with Gasteiger partial charge in [-0.25, -0.2) is 0 Å². The van der Waals surface area contributed by atoms with Crippen LogP contribution in [0, 0.1) is 0 Å². The van der Waals surface area contributed by atoms with Crippen LogP contribution < -0.4 is 10.5 Å². The summed E-state index contributed by atoms with van der Waals surface area (Å²) in [5.41, 5.74) is 9.50. The lowest BCUT2D eigenvalue weighted by atomic mass is 10.1. The normalized spacial score (nSPS) is 13.4. The van der Waals surface area contributed by atoms with Crippen LogP contribution in [0.15, 0.2) is 42.5 Å². The predicted molar refractivity (Wildman–Crippen MR) is 69.4 cm³/mol. The van der Waals surface area contributed by atoms with E-state index in [1.165, 1.54) is 17.5 Å². The number of para-hydroxylation sites is 1. The molecule has 86 valence electrons. The number of aryl methyl sites for hydroxylation is 2. The predicted octanol–water partition coefficient (Wildman–Crippen LogP) is 3.55. The molecule has 2 aromatic rings. The number of hydrogen-bond acceptors (Lipinski definition) is 2. The number of rotatable bonds is 2. The average Bonchev–Trinajstić information content (AvgIpc) is 2.78. The van der Waals surface area contributed by atoms with Crippen molar-refractivity contribution in [3.63, 3.8) is 0 Å². The van der Waals surface area contributed by atoms with Gasteiger partial charge in [0, 0.05) is 0 Å². The Bertz CT molecular complexity index is 534. The lowest BCUT2D eigenvalue weighted by Gasteiger charge is -2.10. The molecule has 1 aliphatic carbocycles. The SMILES string of the molecule is Nc1cc2c(cc1Oc1ccccc1)CCC2. The monoisotopic (exact) mass is 225 g/mol. The van der Waals surface area contributed by atoms with Crippen molar-refractivity contribution in [2.24, 2.45) is 0 Å². The van der Waals surface area contributed by atoms with E-state index in [1.54, 1.807) is 0 Å². The molecule has 2 aromatic carbocycles. The van der Waals surface area contributed by atoms with Gasteiger partial charge in [-0.3, -0.25) is 0 Å². The summed E-state index contributed by atoms with van der Waals surface area (Å²) in [6, 6.07) is 13.9. The molecule has 0 atom stereocenters. The fraction of sp³-hybridized carbons (Fsp3) is 0.200. The van der Waals surface area contributed by atoms with Crippen molar-refractivity contribution in [1.29, 1.82) is 0 Å². The van der Waals surface area contributed by atoms with Crippen molar-refractivity contribution in [3.05, 3.63) is 53.6 Å². The maximum absolute atomic E-state index is 6.02. The molecule has 2 nitrogen and oxygen atoms in total. The summed E-state index contributed by atoms with van der Waals surface area (Å²) in [4.78, 5) is 0. The minimum Gasteiger partial charge on any atom is -0.455 e. The van der Waals surface area contributed by atoms with Gasteiger partial charge in [-0.2, -0.15) is 0 Å². The summed E-state index contributed by atoms with van der Waals surface area (Å²) in [6.07, 6.45) is 3.51. The molecule has 2 N–H and O–H groups in total. The summed E-state index contributed by atoms with van der Waals surface area (Å²) in [7, 11) is 0. The summed E-state index contributed by atoms with van der Waals surface area (Å²) >= 11 is 0. The number of benzene rings is 2. The zero-order chi connectivity index (χ0) is 11.7. The first kappa shape index (κ1) is 10.2. The Kier molecular flexibility index (Phi) is 2.48. The molecule has 0 radical (unpaired) electrons. The first-order valence-corrected chi connectivity index (χ1v) is 5.97. The van der Waals surface area contributed by atoms with Gasteiger partial charge in [0.05, 0.1) is 5.69 Å². The topological polar surface area (TPSA) is 35.2 Å². The fourth-order valence-corrected chi connectivity index (χ4v) is 2.32. The molecule has 0 aromatic heterocycles. The Hall–Kier alpha value is -1.96. The largest absolute Gasteiger partial charge is 0.455 e. The van der Waals surface area contributed by atoms with Gasteiger partial charge >= 0.3 is 0 Å². The number of anilines is 1. The lowest BCUT2D eigenvalue weighted by Crippen LogP contribution is -1.95. The van der Waals surface area contributed by atoms with Crippen molar-refractivity contribution >= 4 is 5.69 Å². The van der Waals surface area contributed by atoms with Gasteiger partial charge in [-0.15, -0.1) is 0 Å². The number of fused-ring (bicyclic) bond motifs is 1. The van der Waals surface area contributed by atoms with E-state index in [0.29, 0.717) is 0 Å². The van der Waals surface area contributed by atoms with Crippen molar-refractivity contribution in [2.75, 3.05) is 5.73 Å². The van der Waals surface area contributed by atoms with E-state index in [1.807, 2.05) is 30.3 Å². The van der Waals surface area contributed by atoms with Crippen molar-refractivity contribution in [1.82, 2.24) is 0 Å². The van der Waals surface area contributed by atoms with E-state index in [2.05, 4.69) is 12.1 Å². The van der Waals surface area contributed by atoms with Crippen molar-refractivity contribution in [3.8, 4) is 11.5 Å². The standard InChI is InChI=1S/C15H15NO/c16-14-9-11-5-4-6-12(11)10-15(14)17-13-7-2-1-3-8-13/h1-3,7-10H,4-6,16H2. The van der Waals surface area contributed by atoms with E-state index in [9.17, 15) is 0 Å². The van der Waals surface area contributed by atoms with Crippen LogP contribution in [0.3, 0.4) is 0 Å². The number of nitrogens with two attached hydrogens (primary N) is 1. The Morgan fingerprint density at radius 3 is 2.41 bits per heavy atom. The highest BCUT2D eigenvalue weighted by atomic mass is 16.5. The molecule has 0 fully saturated rings. The van der Waals surface area contributed by atoms with Crippen LogP contribution in [0.1, 0.15) is 17.5 Å². The second kappa shape index (κ2) is 4.13. The molecule has 17 heavy (non-hydrogen) atoms. The van der Waals surface area contributed by atoms with Crippen LogP contribution in [0.4, 0.5) is 5.69 Å². The maximum Gasteiger partial charge on any atom is 0.150 e. The highest BCUT2D eigenvalue weighted by molar-refractivity contribution is 5.59. The van der Waals surface area contributed by atoms with Crippen molar-refractivity contribution in [2.45, 2.75) is 19.3 Å². The molecule has 0 saturated heterocycles. The molecule has 0 amide bonds. The molecule has 0 spiro atoms. The van der Waals surface area contributed by atoms with E-state index in [4.69, 9.17) is 10.5 Å². The quantitative estimate of drug-likeness (QED) is 0.793. The summed E-state index contributed by atoms with van der Waals surface area (Å²) in [6.45, 7) is 0. The Labute approximate surface area is 101 Å². The Balaban J connectivity index is 1.93. The third-order valence-electron chi connectivity index (χ3n) is 3.20. The van der Waals surface area contributed by atoms with Crippen LogP contribution in [-0.2, 0) is 12.8 Å². The molecular weight excluding hydrogens is 210 g/mol.